The Morgan fingerprint density at radius 3 is 2.81 bits per heavy atom. The molecule has 1 aliphatic carbocycles. The van der Waals surface area contributed by atoms with E-state index in [1.807, 2.05) is 39.0 Å². The van der Waals surface area contributed by atoms with Crippen LogP contribution in [0.4, 0.5) is 0 Å². The molecule has 140 valence electrons. The maximum Gasteiger partial charge on any atom is 0.192 e. The summed E-state index contributed by atoms with van der Waals surface area (Å²) in [6.07, 6.45) is 3.14. The summed E-state index contributed by atoms with van der Waals surface area (Å²) in [6.45, 7) is 5.99. The molecule has 3 aromatic rings. The van der Waals surface area contributed by atoms with Gasteiger partial charge in [0.1, 0.15) is 5.82 Å². The SMILES string of the molecule is Cc1ccc(C)c(C(=O)C(C)Sc2nnc(Cc3cccs3)n2C2CC2)c1. The first-order valence-electron chi connectivity index (χ1n) is 9.27. The number of carbonyl (C=O) groups is 1. The third kappa shape index (κ3) is 4.01. The molecule has 0 bridgehead atoms. The molecule has 0 spiro atoms. The minimum absolute atomic E-state index is 0.159. The largest absolute Gasteiger partial charge is 0.303 e. The van der Waals surface area contributed by atoms with E-state index in [4.69, 9.17) is 0 Å². The third-order valence-electron chi connectivity index (χ3n) is 4.87. The number of carbonyl (C=O) groups excluding carboxylic acids is 1. The Labute approximate surface area is 168 Å². The van der Waals surface area contributed by atoms with E-state index < -0.39 is 0 Å². The Kier molecular flexibility index (Phi) is 5.19. The fourth-order valence-corrected chi connectivity index (χ4v) is 4.92. The second-order valence-electron chi connectivity index (χ2n) is 7.20. The summed E-state index contributed by atoms with van der Waals surface area (Å²) in [5.41, 5.74) is 2.95. The summed E-state index contributed by atoms with van der Waals surface area (Å²) in [5, 5.41) is 11.7. The predicted molar refractivity (Wildman–Crippen MR) is 111 cm³/mol. The minimum atomic E-state index is -0.193. The average molecular weight is 398 g/mol. The fourth-order valence-electron chi connectivity index (χ4n) is 3.21. The number of aryl methyl sites for hydroxylation is 2. The van der Waals surface area contributed by atoms with Crippen molar-refractivity contribution in [1.29, 1.82) is 0 Å². The Hall–Kier alpha value is -1.92. The lowest BCUT2D eigenvalue weighted by molar-refractivity contribution is 0.0993. The molecule has 6 heteroatoms. The number of aromatic nitrogens is 3. The first kappa shape index (κ1) is 18.4. The summed E-state index contributed by atoms with van der Waals surface area (Å²) in [5.74, 6) is 1.17. The summed E-state index contributed by atoms with van der Waals surface area (Å²) < 4.78 is 2.26. The highest BCUT2D eigenvalue weighted by Crippen LogP contribution is 2.40. The van der Waals surface area contributed by atoms with Crippen LogP contribution in [-0.2, 0) is 6.42 Å². The zero-order valence-electron chi connectivity index (χ0n) is 15.8. The van der Waals surface area contributed by atoms with Gasteiger partial charge < -0.3 is 4.57 Å². The van der Waals surface area contributed by atoms with Crippen LogP contribution in [0.1, 0.15) is 58.0 Å². The van der Waals surface area contributed by atoms with Crippen molar-refractivity contribution < 1.29 is 4.79 Å². The van der Waals surface area contributed by atoms with Gasteiger partial charge in [-0.2, -0.15) is 0 Å². The standard InChI is InChI=1S/C21H23N3OS2/c1-13-6-7-14(2)18(11-13)20(25)15(3)27-21-23-22-19(24(21)16-8-9-16)12-17-5-4-10-26-17/h4-7,10-11,15-16H,8-9,12H2,1-3H3. The van der Waals surface area contributed by atoms with Crippen molar-refractivity contribution in [2.45, 2.75) is 56.5 Å². The van der Waals surface area contributed by atoms with E-state index in [2.05, 4.69) is 32.3 Å². The molecule has 0 saturated heterocycles. The van der Waals surface area contributed by atoms with Crippen molar-refractivity contribution in [2.24, 2.45) is 0 Å². The van der Waals surface area contributed by atoms with E-state index >= 15 is 0 Å². The molecule has 0 radical (unpaired) electrons. The van der Waals surface area contributed by atoms with Crippen LogP contribution in [0.2, 0.25) is 0 Å². The Balaban J connectivity index is 1.56. The first-order chi connectivity index (χ1) is 13.0. The maximum absolute atomic E-state index is 13.0. The van der Waals surface area contributed by atoms with Gasteiger partial charge in [0.25, 0.3) is 0 Å². The lowest BCUT2D eigenvalue weighted by Gasteiger charge is -2.14. The zero-order chi connectivity index (χ0) is 19.0. The quantitative estimate of drug-likeness (QED) is 0.404. The smallest absolute Gasteiger partial charge is 0.192 e. The highest BCUT2D eigenvalue weighted by Gasteiger charge is 2.31. The number of thioether (sulfide) groups is 1. The maximum atomic E-state index is 13.0. The monoisotopic (exact) mass is 397 g/mol. The van der Waals surface area contributed by atoms with Gasteiger partial charge in [-0.1, -0.05) is 35.5 Å². The minimum Gasteiger partial charge on any atom is -0.303 e. The fraction of sp³-hybridized carbons (Fsp3) is 0.381. The van der Waals surface area contributed by atoms with Crippen LogP contribution < -0.4 is 0 Å². The number of hydrogen-bond acceptors (Lipinski definition) is 5. The second-order valence-corrected chi connectivity index (χ2v) is 9.54. The molecule has 2 heterocycles. The molecule has 4 nitrogen and oxygen atoms in total. The third-order valence-corrected chi connectivity index (χ3v) is 6.80. The summed E-state index contributed by atoms with van der Waals surface area (Å²) >= 11 is 3.28. The molecule has 0 N–H and O–H groups in total. The Bertz CT molecular complexity index is 958. The van der Waals surface area contributed by atoms with Crippen molar-refractivity contribution in [2.75, 3.05) is 0 Å². The van der Waals surface area contributed by atoms with Gasteiger partial charge in [0.05, 0.1) is 5.25 Å². The molecule has 1 saturated carbocycles. The molecule has 0 aliphatic heterocycles. The zero-order valence-corrected chi connectivity index (χ0v) is 17.4. The van der Waals surface area contributed by atoms with Crippen molar-refractivity contribution >= 4 is 28.9 Å². The van der Waals surface area contributed by atoms with Crippen molar-refractivity contribution in [1.82, 2.24) is 14.8 Å². The predicted octanol–water partition coefficient (Wildman–Crippen LogP) is 5.25. The highest BCUT2D eigenvalue weighted by atomic mass is 32.2. The van der Waals surface area contributed by atoms with Crippen LogP contribution in [-0.4, -0.2) is 25.8 Å². The van der Waals surface area contributed by atoms with Crippen LogP contribution in [0.5, 0.6) is 0 Å². The van der Waals surface area contributed by atoms with Crippen molar-refractivity contribution in [3.63, 3.8) is 0 Å². The molecule has 2 aromatic heterocycles. The second kappa shape index (κ2) is 7.60. The Morgan fingerprint density at radius 1 is 1.30 bits per heavy atom. The van der Waals surface area contributed by atoms with Crippen LogP contribution >= 0.6 is 23.1 Å². The number of benzene rings is 1. The number of nitrogens with zero attached hydrogens (tertiary/aromatic N) is 3. The number of rotatable bonds is 7. The van der Waals surface area contributed by atoms with Crippen LogP contribution in [0.3, 0.4) is 0 Å². The van der Waals surface area contributed by atoms with Crippen LogP contribution in [0.25, 0.3) is 0 Å². The van der Waals surface area contributed by atoms with Gasteiger partial charge in [-0.3, -0.25) is 4.79 Å². The van der Waals surface area contributed by atoms with E-state index in [1.54, 1.807) is 11.3 Å². The van der Waals surface area contributed by atoms with Gasteiger partial charge in [-0.15, -0.1) is 21.5 Å². The lowest BCUT2D eigenvalue weighted by Crippen LogP contribution is -2.16. The van der Waals surface area contributed by atoms with E-state index in [0.29, 0.717) is 6.04 Å². The van der Waals surface area contributed by atoms with Gasteiger partial charge >= 0.3 is 0 Å². The van der Waals surface area contributed by atoms with Gasteiger partial charge in [0.15, 0.2) is 10.9 Å². The number of hydrogen-bond donors (Lipinski definition) is 0. The molecule has 1 atom stereocenters. The van der Waals surface area contributed by atoms with Gasteiger partial charge in [-0.25, -0.2) is 0 Å². The number of thiophene rings is 1. The van der Waals surface area contributed by atoms with Crippen LogP contribution in [0.15, 0.2) is 40.9 Å². The highest BCUT2D eigenvalue weighted by molar-refractivity contribution is 8.00. The molecule has 1 unspecified atom stereocenters. The Morgan fingerprint density at radius 2 is 2.11 bits per heavy atom. The molecule has 1 aromatic carbocycles. The summed E-state index contributed by atoms with van der Waals surface area (Å²) in [6, 6.07) is 10.7. The van der Waals surface area contributed by atoms with Gasteiger partial charge in [-0.05, 0) is 56.7 Å². The molecular formula is C21H23N3OS2. The molecule has 1 fully saturated rings. The normalized spacial score (nSPS) is 15.1. The molecule has 27 heavy (non-hydrogen) atoms. The molecule has 1 aliphatic rings. The number of Topliss-reactive ketones (excluding diaryl/α,β-unsaturated/α-hetero) is 1. The van der Waals surface area contributed by atoms with E-state index in [1.165, 1.54) is 29.5 Å². The van der Waals surface area contributed by atoms with Gasteiger partial charge in [0.2, 0.25) is 0 Å². The topological polar surface area (TPSA) is 47.8 Å². The summed E-state index contributed by atoms with van der Waals surface area (Å²) in [4.78, 5) is 14.3. The lowest BCUT2D eigenvalue weighted by atomic mass is 10.0. The van der Waals surface area contributed by atoms with E-state index in [9.17, 15) is 4.79 Å². The first-order valence-corrected chi connectivity index (χ1v) is 11.0. The van der Waals surface area contributed by atoms with Crippen LogP contribution in [0, 0.1) is 13.8 Å². The van der Waals surface area contributed by atoms with E-state index in [0.717, 1.165) is 34.1 Å². The van der Waals surface area contributed by atoms with E-state index in [-0.39, 0.29) is 11.0 Å². The van der Waals surface area contributed by atoms with Gasteiger partial charge in [0, 0.05) is 22.9 Å². The average Bonchev–Trinajstić information content (AvgIpc) is 3.21. The van der Waals surface area contributed by atoms with Crippen molar-refractivity contribution in [3.8, 4) is 0 Å². The molecule has 0 amide bonds. The molecular weight excluding hydrogens is 374 g/mol. The van der Waals surface area contributed by atoms with Crippen molar-refractivity contribution in [3.05, 3.63) is 63.1 Å². The number of ketones is 1. The summed E-state index contributed by atoms with van der Waals surface area (Å²) in [7, 11) is 0. The molecule has 4 rings (SSSR count).